The summed E-state index contributed by atoms with van der Waals surface area (Å²) in [6.07, 6.45) is 3.58. The van der Waals surface area contributed by atoms with Gasteiger partial charge in [-0.05, 0) is 54.5 Å². The maximum atomic E-state index is 12.5. The minimum atomic E-state index is -0.0270. The Labute approximate surface area is 146 Å². The Morgan fingerprint density at radius 2 is 2.20 bits per heavy atom. The van der Waals surface area contributed by atoms with Crippen LogP contribution in [0.4, 0.5) is 0 Å². The van der Waals surface area contributed by atoms with Gasteiger partial charge in [0.2, 0.25) is 0 Å². The lowest BCUT2D eigenvalue weighted by Crippen LogP contribution is -2.27. The van der Waals surface area contributed by atoms with Crippen LogP contribution in [0.25, 0.3) is 11.0 Å². The molecule has 3 aromatic rings. The monoisotopic (exact) mass is 332 g/mol. The van der Waals surface area contributed by atoms with E-state index in [0.717, 1.165) is 17.6 Å². The van der Waals surface area contributed by atoms with Crippen LogP contribution in [0.2, 0.25) is 0 Å². The number of fused-ring (bicyclic) bond motifs is 3. The molecule has 1 heterocycles. The van der Waals surface area contributed by atoms with Crippen molar-refractivity contribution in [1.29, 1.82) is 0 Å². The second-order valence-electron chi connectivity index (χ2n) is 7.34. The molecule has 5 nitrogen and oxygen atoms in total. The molecule has 1 saturated carbocycles. The number of benzene rings is 2. The van der Waals surface area contributed by atoms with Crippen molar-refractivity contribution in [3.8, 4) is 0 Å². The van der Waals surface area contributed by atoms with Crippen molar-refractivity contribution in [2.45, 2.75) is 24.7 Å². The van der Waals surface area contributed by atoms with Gasteiger partial charge in [0.15, 0.2) is 0 Å². The molecule has 1 N–H and O–H groups in total. The van der Waals surface area contributed by atoms with Crippen molar-refractivity contribution in [1.82, 2.24) is 20.3 Å². The molecule has 1 spiro atoms. The van der Waals surface area contributed by atoms with E-state index in [1.165, 1.54) is 30.4 Å². The number of nitrogens with zero attached hydrogens (tertiary/aromatic N) is 3. The number of hydrogen-bond donors (Lipinski definition) is 1. The molecular formula is C20H20N4O. The Hall–Kier alpha value is -2.69. The molecule has 5 heteroatoms. The molecule has 5 rings (SSSR count). The van der Waals surface area contributed by atoms with Gasteiger partial charge in [-0.15, -0.1) is 5.10 Å². The third-order valence-corrected chi connectivity index (χ3v) is 6.01. The van der Waals surface area contributed by atoms with E-state index < -0.39 is 0 Å². The molecule has 2 aliphatic carbocycles. The van der Waals surface area contributed by atoms with E-state index in [1.807, 2.05) is 25.2 Å². The molecule has 0 aliphatic heterocycles. The maximum Gasteiger partial charge on any atom is 0.251 e. The van der Waals surface area contributed by atoms with Crippen molar-refractivity contribution in [2.75, 3.05) is 6.54 Å². The Morgan fingerprint density at radius 3 is 3.12 bits per heavy atom. The Kier molecular flexibility index (Phi) is 3.02. The van der Waals surface area contributed by atoms with Crippen LogP contribution in [0.1, 0.15) is 34.3 Å². The first-order valence-electron chi connectivity index (χ1n) is 8.83. The van der Waals surface area contributed by atoms with Crippen LogP contribution >= 0.6 is 0 Å². The van der Waals surface area contributed by atoms with Crippen molar-refractivity contribution < 1.29 is 4.79 Å². The van der Waals surface area contributed by atoms with Crippen LogP contribution in [-0.4, -0.2) is 27.4 Å². The van der Waals surface area contributed by atoms with Gasteiger partial charge in [-0.25, -0.2) is 4.68 Å². The van der Waals surface area contributed by atoms with Crippen LogP contribution < -0.4 is 5.32 Å². The Morgan fingerprint density at radius 1 is 1.32 bits per heavy atom. The summed E-state index contributed by atoms with van der Waals surface area (Å²) in [5, 5.41) is 11.2. The lowest BCUT2D eigenvalue weighted by atomic mass is 9.95. The van der Waals surface area contributed by atoms with Crippen molar-refractivity contribution in [2.24, 2.45) is 13.0 Å². The van der Waals surface area contributed by atoms with E-state index >= 15 is 0 Å². The average Bonchev–Trinajstić information content (AvgIpc) is 3.04. The highest BCUT2D eigenvalue weighted by Gasteiger charge is 2.57. The molecule has 25 heavy (non-hydrogen) atoms. The van der Waals surface area contributed by atoms with E-state index in [0.29, 0.717) is 16.9 Å². The minimum absolute atomic E-state index is 0.0270. The predicted octanol–water partition coefficient (Wildman–Crippen LogP) is 2.60. The van der Waals surface area contributed by atoms with Crippen LogP contribution in [0.15, 0.2) is 42.5 Å². The topological polar surface area (TPSA) is 59.8 Å². The second kappa shape index (κ2) is 5.15. The van der Waals surface area contributed by atoms with E-state index in [4.69, 9.17) is 0 Å². The van der Waals surface area contributed by atoms with Gasteiger partial charge < -0.3 is 5.32 Å². The smallest absolute Gasteiger partial charge is 0.251 e. The summed E-state index contributed by atoms with van der Waals surface area (Å²) < 4.78 is 1.71. The fraction of sp³-hybridized carbons (Fsp3) is 0.350. The summed E-state index contributed by atoms with van der Waals surface area (Å²) in [5.74, 6) is 0.529. The van der Waals surface area contributed by atoms with E-state index in [2.05, 4.69) is 39.9 Å². The molecule has 1 amide bonds. The highest BCUT2D eigenvalue weighted by atomic mass is 16.1. The largest absolute Gasteiger partial charge is 0.352 e. The highest BCUT2D eigenvalue weighted by Crippen LogP contribution is 2.61. The molecule has 0 unspecified atom stereocenters. The van der Waals surface area contributed by atoms with Gasteiger partial charge in [-0.3, -0.25) is 4.79 Å². The Balaban J connectivity index is 1.28. The summed E-state index contributed by atoms with van der Waals surface area (Å²) >= 11 is 0. The van der Waals surface area contributed by atoms with Crippen LogP contribution in [-0.2, 0) is 18.9 Å². The van der Waals surface area contributed by atoms with Gasteiger partial charge in [0, 0.05) is 24.6 Å². The quantitative estimate of drug-likeness (QED) is 0.802. The molecule has 0 bridgehead atoms. The average molecular weight is 332 g/mol. The van der Waals surface area contributed by atoms with E-state index in [-0.39, 0.29) is 5.91 Å². The van der Waals surface area contributed by atoms with Crippen molar-refractivity contribution in [3.05, 3.63) is 59.2 Å². The summed E-state index contributed by atoms with van der Waals surface area (Å²) in [6.45, 7) is 0.742. The first kappa shape index (κ1) is 14.6. The number of amides is 1. The molecular weight excluding hydrogens is 312 g/mol. The number of rotatable bonds is 3. The van der Waals surface area contributed by atoms with Crippen LogP contribution in [0.5, 0.6) is 0 Å². The molecule has 1 aromatic heterocycles. The number of hydrogen-bond acceptors (Lipinski definition) is 3. The van der Waals surface area contributed by atoms with Gasteiger partial charge >= 0.3 is 0 Å². The maximum absolute atomic E-state index is 12.5. The predicted molar refractivity (Wildman–Crippen MR) is 95.4 cm³/mol. The van der Waals surface area contributed by atoms with Crippen molar-refractivity contribution >= 4 is 16.9 Å². The molecule has 0 radical (unpaired) electrons. The molecule has 1 fully saturated rings. The fourth-order valence-electron chi connectivity index (χ4n) is 4.50. The van der Waals surface area contributed by atoms with E-state index in [1.54, 1.807) is 4.68 Å². The number of aryl methyl sites for hydroxylation is 2. The standard InChI is InChI=1S/C20H20N4O/c1-24-18-7-6-14(10-17(18)22-23-24)19(25)21-12-15-11-20(15)9-8-13-4-2-3-5-16(13)20/h2-7,10,15H,8-9,11-12H2,1H3,(H,21,25)/t15-,20-/m1/s1. The number of aromatic nitrogens is 3. The lowest BCUT2D eigenvalue weighted by Gasteiger charge is -2.12. The molecule has 2 aromatic carbocycles. The number of carbonyl (C=O) groups is 1. The minimum Gasteiger partial charge on any atom is -0.352 e. The lowest BCUT2D eigenvalue weighted by molar-refractivity contribution is 0.0951. The summed E-state index contributed by atoms with van der Waals surface area (Å²) in [4.78, 5) is 12.5. The van der Waals surface area contributed by atoms with Crippen LogP contribution in [0.3, 0.4) is 0 Å². The molecule has 2 atom stereocenters. The third kappa shape index (κ3) is 2.18. The molecule has 0 saturated heterocycles. The second-order valence-corrected chi connectivity index (χ2v) is 7.34. The molecule has 126 valence electrons. The SMILES string of the molecule is Cn1nnc2cc(C(=O)NC[C@H]3C[C@]34CCc3ccccc34)ccc21. The third-order valence-electron chi connectivity index (χ3n) is 6.01. The summed E-state index contributed by atoms with van der Waals surface area (Å²) in [7, 11) is 1.85. The zero-order chi connectivity index (χ0) is 17.0. The van der Waals surface area contributed by atoms with Gasteiger partial charge in [0.1, 0.15) is 5.52 Å². The molecule has 2 aliphatic rings. The van der Waals surface area contributed by atoms with E-state index in [9.17, 15) is 4.79 Å². The summed E-state index contributed by atoms with van der Waals surface area (Å²) in [5.41, 5.74) is 5.65. The fourth-order valence-corrected chi connectivity index (χ4v) is 4.50. The zero-order valence-electron chi connectivity index (χ0n) is 14.2. The van der Waals surface area contributed by atoms with Gasteiger partial charge in [0.05, 0.1) is 5.52 Å². The zero-order valence-corrected chi connectivity index (χ0v) is 14.2. The van der Waals surface area contributed by atoms with Crippen molar-refractivity contribution in [3.63, 3.8) is 0 Å². The normalized spacial score (nSPS) is 23.8. The van der Waals surface area contributed by atoms with Gasteiger partial charge in [-0.1, -0.05) is 29.5 Å². The van der Waals surface area contributed by atoms with Crippen LogP contribution in [0, 0.1) is 5.92 Å². The number of nitrogens with one attached hydrogen (secondary N) is 1. The summed E-state index contributed by atoms with van der Waals surface area (Å²) in [6, 6.07) is 14.3. The number of carbonyl (C=O) groups excluding carboxylic acids is 1. The van der Waals surface area contributed by atoms with Gasteiger partial charge in [-0.2, -0.15) is 0 Å². The first-order chi connectivity index (χ1) is 12.2. The highest BCUT2D eigenvalue weighted by molar-refractivity contribution is 5.97. The Bertz CT molecular complexity index is 992. The first-order valence-corrected chi connectivity index (χ1v) is 8.83. The van der Waals surface area contributed by atoms with Gasteiger partial charge in [0.25, 0.3) is 5.91 Å².